The van der Waals surface area contributed by atoms with E-state index in [2.05, 4.69) is 15.4 Å². The normalized spacial score (nSPS) is 20.3. The Kier molecular flexibility index (Phi) is 5.13. The molecule has 1 aliphatic heterocycles. The maximum Gasteiger partial charge on any atom is 0.278 e. The van der Waals surface area contributed by atoms with Crippen molar-refractivity contribution in [3.63, 3.8) is 0 Å². The number of aromatic nitrogens is 3. The molecule has 1 aliphatic carbocycles. The number of amides is 1. The Balaban J connectivity index is 1.46. The molecule has 1 saturated heterocycles. The lowest BCUT2D eigenvalue weighted by molar-refractivity contribution is 0.102. The molecule has 0 saturated carbocycles. The third kappa shape index (κ3) is 3.95. The molecule has 2 aliphatic rings. The Labute approximate surface area is 189 Å². The Bertz CT molecular complexity index is 1450. The summed E-state index contributed by atoms with van der Waals surface area (Å²) < 4.78 is 50.0. The van der Waals surface area contributed by atoms with Crippen molar-refractivity contribution in [2.45, 2.75) is 43.0 Å². The van der Waals surface area contributed by atoms with Crippen LogP contribution >= 0.6 is 11.3 Å². The van der Waals surface area contributed by atoms with Crippen LogP contribution in [0.4, 0.5) is 5.13 Å². The molecule has 1 amide bonds. The maximum absolute atomic E-state index is 13.1. The Morgan fingerprint density at radius 1 is 1.25 bits per heavy atom. The number of anilines is 1. The first-order valence-corrected chi connectivity index (χ1v) is 14.9. The summed E-state index contributed by atoms with van der Waals surface area (Å²) in [6, 6.07) is 4.44. The van der Waals surface area contributed by atoms with Gasteiger partial charge in [0.05, 0.1) is 32.7 Å². The second-order valence-electron chi connectivity index (χ2n) is 8.36. The van der Waals surface area contributed by atoms with Gasteiger partial charge in [0.25, 0.3) is 5.91 Å². The van der Waals surface area contributed by atoms with Gasteiger partial charge in [-0.25, -0.2) is 21.8 Å². The van der Waals surface area contributed by atoms with Crippen molar-refractivity contribution in [3.05, 3.63) is 35.2 Å². The highest BCUT2D eigenvalue weighted by molar-refractivity contribution is 7.91. The molecule has 3 aromatic rings. The summed E-state index contributed by atoms with van der Waals surface area (Å²) in [5.41, 5.74) is 2.77. The number of hydrogen-bond donors (Lipinski definition) is 1. The summed E-state index contributed by atoms with van der Waals surface area (Å²) in [5.74, 6) is -0.178. The maximum atomic E-state index is 13.1. The molecule has 12 heteroatoms. The fraction of sp³-hybridized carbons (Fsp3) is 0.450. The van der Waals surface area contributed by atoms with Crippen LogP contribution in [0.3, 0.4) is 0 Å². The average Bonchev–Trinajstić information content (AvgIpc) is 3.40. The van der Waals surface area contributed by atoms with Gasteiger partial charge in [0.1, 0.15) is 0 Å². The number of fused-ring (bicyclic) bond motifs is 2. The van der Waals surface area contributed by atoms with E-state index in [1.807, 2.05) is 0 Å². The smallest absolute Gasteiger partial charge is 0.278 e. The third-order valence-corrected chi connectivity index (χ3v) is 9.78. The van der Waals surface area contributed by atoms with E-state index in [4.69, 9.17) is 0 Å². The minimum atomic E-state index is -3.34. The van der Waals surface area contributed by atoms with Crippen LogP contribution in [0.15, 0.2) is 23.1 Å². The van der Waals surface area contributed by atoms with Crippen molar-refractivity contribution in [1.29, 1.82) is 0 Å². The highest BCUT2D eigenvalue weighted by Crippen LogP contribution is 2.33. The van der Waals surface area contributed by atoms with Gasteiger partial charge < -0.3 is 0 Å². The van der Waals surface area contributed by atoms with Crippen molar-refractivity contribution >= 4 is 52.3 Å². The molecule has 3 heterocycles. The zero-order chi connectivity index (χ0) is 22.7. The number of carbonyl (C=O) groups is 1. The molecule has 170 valence electrons. The van der Waals surface area contributed by atoms with Gasteiger partial charge in [-0.15, -0.1) is 0 Å². The molecule has 1 unspecified atom stereocenters. The summed E-state index contributed by atoms with van der Waals surface area (Å²) in [6.45, 7) is 0. The molecule has 0 spiro atoms. The first-order valence-electron chi connectivity index (χ1n) is 10.3. The van der Waals surface area contributed by atoms with E-state index in [0.29, 0.717) is 27.5 Å². The van der Waals surface area contributed by atoms with E-state index in [0.717, 1.165) is 43.2 Å². The standard InChI is InChI=1S/C20H22N4O5S3/c1-31(26,27)13-6-7-15-17(10-13)30-20(21-15)22-19(25)18-14-4-2-3-5-16(14)24(23-18)12-8-9-32(28,29)11-12/h6-7,10,12H,2-5,8-9,11H2,1H3,(H,21,22,25). The number of carbonyl (C=O) groups excluding carboxylic acids is 1. The second kappa shape index (κ2) is 7.63. The monoisotopic (exact) mass is 494 g/mol. The predicted octanol–water partition coefficient (Wildman–Crippen LogP) is 2.39. The Morgan fingerprint density at radius 2 is 2.03 bits per heavy atom. The van der Waals surface area contributed by atoms with E-state index in [1.54, 1.807) is 16.8 Å². The van der Waals surface area contributed by atoms with Gasteiger partial charge in [-0.3, -0.25) is 14.8 Å². The minimum Gasteiger partial charge on any atom is -0.296 e. The Morgan fingerprint density at radius 3 is 2.75 bits per heavy atom. The van der Waals surface area contributed by atoms with Crippen molar-refractivity contribution < 1.29 is 21.6 Å². The first-order chi connectivity index (χ1) is 15.1. The molecule has 1 N–H and O–H groups in total. The molecule has 0 radical (unpaired) electrons. The fourth-order valence-electron chi connectivity index (χ4n) is 4.42. The van der Waals surface area contributed by atoms with Crippen LogP contribution < -0.4 is 5.32 Å². The molecule has 2 aromatic heterocycles. The van der Waals surface area contributed by atoms with Crippen molar-refractivity contribution in [3.8, 4) is 0 Å². The quantitative estimate of drug-likeness (QED) is 0.590. The van der Waals surface area contributed by atoms with Crippen LogP contribution in [-0.4, -0.2) is 55.3 Å². The largest absolute Gasteiger partial charge is 0.296 e. The van der Waals surface area contributed by atoms with Crippen molar-refractivity contribution in [1.82, 2.24) is 14.8 Å². The number of sulfone groups is 2. The molecule has 1 fully saturated rings. The van der Waals surface area contributed by atoms with Gasteiger partial charge in [0, 0.05) is 17.5 Å². The summed E-state index contributed by atoms with van der Waals surface area (Å²) >= 11 is 1.20. The summed E-state index contributed by atoms with van der Waals surface area (Å²) in [4.78, 5) is 17.7. The number of thiazole rings is 1. The predicted molar refractivity (Wildman–Crippen MR) is 122 cm³/mol. The molecular weight excluding hydrogens is 472 g/mol. The van der Waals surface area contributed by atoms with Crippen LogP contribution in [0.1, 0.15) is 47.1 Å². The van der Waals surface area contributed by atoms with Crippen LogP contribution in [0.5, 0.6) is 0 Å². The molecule has 0 bridgehead atoms. The number of benzene rings is 1. The molecular formula is C20H22N4O5S3. The van der Waals surface area contributed by atoms with Crippen LogP contribution in [0.25, 0.3) is 10.2 Å². The fourth-order valence-corrected chi connectivity index (χ4v) is 7.74. The molecule has 9 nitrogen and oxygen atoms in total. The summed E-state index contributed by atoms with van der Waals surface area (Å²) in [5, 5.41) is 7.73. The van der Waals surface area contributed by atoms with Gasteiger partial charge in [-0.2, -0.15) is 5.10 Å². The highest BCUT2D eigenvalue weighted by atomic mass is 32.2. The van der Waals surface area contributed by atoms with E-state index in [-0.39, 0.29) is 28.4 Å². The average molecular weight is 495 g/mol. The van der Waals surface area contributed by atoms with Gasteiger partial charge in [0.15, 0.2) is 30.5 Å². The third-order valence-electron chi connectivity index (χ3n) is 5.99. The second-order valence-corrected chi connectivity index (χ2v) is 13.6. The van der Waals surface area contributed by atoms with Gasteiger partial charge in [0.2, 0.25) is 0 Å². The molecule has 1 atom stereocenters. The van der Waals surface area contributed by atoms with E-state index in [9.17, 15) is 21.6 Å². The SMILES string of the molecule is CS(=O)(=O)c1ccc2nc(NC(=O)c3nn(C4CCS(=O)(=O)C4)c4c3CCCC4)sc2c1. The van der Waals surface area contributed by atoms with Crippen LogP contribution in [0, 0.1) is 0 Å². The van der Waals surface area contributed by atoms with Gasteiger partial charge >= 0.3 is 0 Å². The summed E-state index contributed by atoms with van der Waals surface area (Å²) in [6.07, 6.45) is 5.11. The van der Waals surface area contributed by atoms with E-state index >= 15 is 0 Å². The zero-order valence-electron chi connectivity index (χ0n) is 17.4. The minimum absolute atomic E-state index is 0.0583. The number of nitrogens with one attached hydrogen (secondary N) is 1. The van der Waals surface area contributed by atoms with E-state index < -0.39 is 19.7 Å². The number of rotatable bonds is 4. The molecule has 1 aromatic carbocycles. The highest BCUT2D eigenvalue weighted by Gasteiger charge is 2.34. The van der Waals surface area contributed by atoms with E-state index in [1.165, 1.54) is 17.4 Å². The first kappa shape index (κ1) is 21.5. The van der Waals surface area contributed by atoms with Crippen molar-refractivity contribution in [2.24, 2.45) is 0 Å². The van der Waals surface area contributed by atoms with Crippen LogP contribution in [0.2, 0.25) is 0 Å². The lowest BCUT2D eigenvalue weighted by Gasteiger charge is -2.17. The lowest BCUT2D eigenvalue weighted by Crippen LogP contribution is -2.17. The molecule has 32 heavy (non-hydrogen) atoms. The van der Waals surface area contributed by atoms with Crippen LogP contribution in [-0.2, 0) is 32.5 Å². The zero-order valence-corrected chi connectivity index (χ0v) is 19.8. The molecule has 5 rings (SSSR count). The Hall–Kier alpha value is -2.31. The topological polar surface area (TPSA) is 128 Å². The number of hydrogen-bond acceptors (Lipinski definition) is 8. The lowest BCUT2D eigenvalue weighted by atomic mass is 9.95. The van der Waals surface area contributed by atoms with Gasteiger partial charge in [-0.1, -0.05) is 11.3 Å². The summed E-state index contributed by atoms with van der Waals surface area (Å²) in [7, 11) is -6.41. The number of nitrogens with zero attached hydrogens (tertiary/aromatic N) is 3. The van der Waals surface area contributed by atoms with Gasteiger partial charge in [-0.05, 0) is 50.3 Å². The van der Waals surface area contributed by atoms with Crippen molar-refractivity contribution in [2.75, 3.05) is 23.1 Å².